The number of hydrogen-bond donors (Lipinski definition) is 2. The first-order valence-corrected chi connectivity index (χ1v) is 6.74. The lowest BCUT2D eigenvalue weighted by Crippen LogP contribution is -2.39. The molecule has 0 aliphatic rings. The summed E-state index contributed by atoms with van der Waals surface area (Å²) in [7, 11) is 0. The number of benzene rings is 1. The summed E-state index contributed by atoms with van der Waals surface area (Å²) in [6.45, 7) is 7.29. The number of carbonyl (C=O) groups is 1. The molecule has 0 aliphatic heterocycles. The van der Waals surface area contributed by atoms with Gasteiger partial charge in [0, 0.05) is 24.4 Å². The Morgan fingerprint density at radius 2 is 2.05 bits per heavy atom. The molecule has 0 fully saturated rings. The molecule has 0 bridgehead atoms. The van der Waals surface area contributed by atoms with E-state index in [1.54, 1.807) is 0 Å². The predicted molar refractivity (Wildman–Crippen MR) is 77.9 cm³/mol. The molecular formula is C15H24N2O2. The Labute approximate surface area is 115 Å². The van der Waals surface area contributed by atoms with Crippen LogP contribution in [0, 0.1) is 5.41 Å². The van der Waals surface area contributed by atoms with E-state index in [1.165, 1.54) is 0 Å². The van der Waals surface area contributed by atoms with Gasteiger partial charge in [-0.15, -0.1) is 0 Å². The molecule has 1 amide bonds. The van der Waals surface area contributed by atoms with E-state index in [0.717, 1.165) is 11.3 Å². The van der Waals surface area contributed by atoms with Crippen molar-refractivity contribution in [2.24, 2.45) is 11.1 Å². The Bertz CT molecular complexity index is 414. The van der Waals surface area contributed by atoms with Gasteiger partial charge in [-0.25, -0.2) is 0 Å². The molecule has 0 aromatic heterocycles. The highest BCUT2D eigenvalue weighted by Gasteiger charge is 2.29. The van der Waals surface area contributed by atoms with Crippen LogP contribution in [0.3, 0.4) is 0 Å². The number of para-hydroxylation sites is 1. The first-order chi connectivity index (χ1) is 9.07. The predicted octanol–water partition coefficient (Wildman–Crippen LogP) is 2.54. The molecule has 3 N–H and O–H groups in total. The van der Waals surface area contributed by atoms with Gasteiger partial charge >= 0.3 is 0 Å². The van der Waals surface area contributed by atoms with E-state index in [0.29, 0.717) is 26.2 Å². The maximum atomic E-state index is 12.3. The van der Waals surface area contributed by atoms with Crippen LogP contribution in [-0.2, 0) is 16.1 Å². The third-order valence-electron chi connectivity index (χ3n) is 3.51. The number of amides is 1. The summed E-state index contributed by atoms with van der Waals surface area (Å²) in [5, 5.41) is 2.96. The van der Waals surface area contributed by atoms with E-state index < -0.39 is 5.41 Å². The molecule has 4 heteroatoms. The fourth-order valence-electron chi connectivity index (χ4n) is 1.65. The van der Waals surface area contributed by atoms with Gasteiger partial charge < -0.3 is 15.8 Å². The minimum atomic E-state index is -0.529. The van der Waals surface area contributed by atoms with Crippen LogP contribution in [0.2, 0.25) is 0 Å². The first kappa shape index (κ1) is 15.7. The van der Waals surface area contributed by atoms with Crippen LogP contribution in [0.25, 0.3) is 0 Å². The third-order valence-corrected chi connectivity index (χ3v) is 3.51. The zero-order valence-corrected chi connectivity index (χ0v) is 12.0. The van der Waals surface area contributed by atoms with Crippen molar-refractivity contribution < 1.29 is 9.53 Å². The van der Waals surface area contributed by atoms with Gasteiger partial charge in [0.2, 0.25) is 5.91 Å². The van der Waals surface area contributed by atoms with E-state index in [4.69, 9.17) is 10.5 Å². The number of carbonyl (C=O) groups excluding carboxylic acids is 1. The molecule has 1 aromatic carbocycles. The molecule has 0 saturated heterocycles. The molecule has 0 saturated carbocycles. The van der Waals surface area contributed by atoms with Crippen molar-refractivity contribution in [2.75, 3.05) is 18.5 Å². The lowest BCUT2D eigenvalue weighted by atomic mass is 9.86. The van der Waals surface area contributed by atoms with Crippen LogP contribution in [-0.4, -0.2) is 19.1 Å². The summed E-state index contributed by atoms with van der Waals surface area (Å²) in [5.41, 5.74) is 6.96. The Morgan fingerprint density at radius 3 is 2.63 bits per heavy atom. The van der Waals surface area contributed by atoms with Crippen molar-refractivity contribution in [3.05, 3.63) is 29.8 Å². The zero-order chi connectivity index (χ0) is 14.3. The molecule has 4 nitrogen and oxygen atoms in total. The summed E-state index contributed by atoms with van der Waals surface area (Å²) in [5.74, 6) is -0.0403. The van der Waals surface area contributed by atoms with E-state index in [9.17, 15) is 4.79 Å². The van der Waals surface area contributed by atoms with Gasteiger partial charge in [-0.2, -0.15) is 0 Å². The zero-order valence-electron chi connectivity index (χ0n) is 12.0. The highest BCUT2D eigenvalue weighted by molar-refractivity contribution is 5.95. The second-order valence-electron chi connectivity index (χ2n) is 4.87. The third kappa shape index (κ3) is 4.04. The smallest absolute Gasteiger partial charge is 0.231 e. The lowest BCUT2D eigenvalue weighted by molar-refractivity contribution is -0.124. The summed E-state index contributed by atoms with van der Waals surface area (Å²) in [6, 6.07) is 7.68. The molecule has 0 heterocycles. The van der Waals surface area contributed by atoms with Gasteiger partial charge in [-0.1, -0.05) is 25.1 Å². The number of anilines is 1. The van der Waals surface area contributed by atoms with Crippen molar-refractivity contribution >= 4 is 11.6 Å². The number of nitrogens with one attached hydrogen (secondary N) is 1. The molecule has 19 heavy (non-hydrogen) atoms. The Morgan fingerprint density at radius 1 is 1.37 bits per heavy atom. The van der Waals surface area contributed by atoms with Crippen LogP contribution in [0.5, 0.6) is 0 Å². The standard InChI is InChI=1S/C15H24N2O2/c1-4-15(3,11-16)14(18)17-13-9-7-6-8-12(13)10-19-5-2/h6-9H,4-5,10-11,16H2,1-3H3,(H,17,18). The summed E-state index contributed by atoms with van der Waals surface area (Å²) in [6.07, 6.45) is 0.711. The minimum absolute atomic E-state index is 0.0403. The second kappa shape index (κ2) is 7.26. The molecule has 0 aliphatic carbocycles. The van der Waals surface area contributed by atoms with E-state index >= 15 is 0 Å². The number of hydrogen-bond acceptors (Lipinski definition) is 3. The molecule has 1 unspecified atom stereocenters. The lowest BCUT2D eigenvalue weighted by Gasteiger charge is -2.25. The normalized spacial score (nSPS) is 13.9. The quantitative estimate of drug-likeness (QED) is 0.795. The first-order valence-electron chi connectivity index (χ1n) is 6.74. The summed E-state index contributed by atoms with van der Waals surface area (Å²) < 4.78 is 5.40. The van der Waals surface area contributed by atoms with Crippen LogP contribution < -0.4 is 11.1 Å². The van der Waals surface area contributed by atoms with Gasteiger partial charge in [-0.05, 0) is 26.3 Å². The van der Waals surface area contributed by atoms with Crippen molar-refractivity contribution in [3.8, 4) is 0 Å². The fourth-order valence-corrected chi connectivity index (χ4v) is 1.65. The highest BCUT2D eigenvalue weighted by Crippen LogP contribution is 2.24. The second-order valence-corrected chi connectivity index (χ2v) is 4.87. The maximum Gasteiger partial charge on any atom is 0.231 e. The van der Waals surface area contributed by atoms with Crippen LogP contribution in [0.15, 0.2) is 24.3 Å². The Hall–Kier alpha value is -1.39. The molecule has 0 radical (unpaired) electrons. The number of rotatable bonds is 7. The largest absolute Gasteiger partial charge is 0.377 e. The molecule has 1 atom stereocenters. The highest BCUT2D eigenvalue weighted by atomic mass is 16.5. The van der Waals surface area contributed by atoms with Crippen LogP contribution in [0.1, 0.15) is 32.8 Å². The average Bonchev–Trinajstić information content (AvgIpc) is 2.45. The SMILES string of the molecule is CCOCc1ccccc1NC(=O)C(C)(CC)CN. The monoisotopic (exact) mass is 264 g/mol. The summed E-state index contributed by atoms with van der Waals surface area (Å²) >= 11 is 0. The van der Waals surface area contributed by atoms with Crippen molar-refractivity contribution in [3.63, 3.8) is 0 Å². The van der Waals surface area contributed by atoms with Crippen molar-refractivity contribution in [2.45, 2.75) is 33.8 Å². The Kier molecular flexibility index (Phi) is 5.99. The summed E-state index contributed by atoms with van der Waals surface area (Å²) in [4.78, 5) is 12.3. The Balaban J connectivity index is 2.84. The van der Waals surface area contributed by atoms with Crippen molar-refractivity contribution in [1.29, 1.82) is 0 Å². The number of ether oxygens (including phenoxy) is 1. The molecule has 0 spiro atoms. The number of nitrogens with two attached hydrogens (primary N) is 1. The topological polar surface area (TPSA) is 64.3 Å². The molecule has 1 rings (SSSR count). The van der Waals surface area contributed by atoms with Gasteiger partial charge in [0.05, 0.1) is 12.0 Å². The molecule has 106 valence electrons. The fraction of sp³-hybridized carbons (Fsp3) is 0.533. The van der Waals surface area contributed by atoms with Crippen LogP contribution in [0.4, 0.5) is 5.69 Å². The van der Waals surface area contributed by atoms with Gasteiger partial charge in [0.25, 0.3) is 0 Å². The maximum absolute atomic E-state index is 12.3. The molecule has 1 aromatic rings. The van der Waals surface area contributed by atoms with E-state index in [-0.39, 0.29) is 5.91 Å². The van der Waals surface area contributed by atoms with Gasteiger partial charge in [-0.3, -0.25) is 4.79 Å². The van der Waals surface area contributed by atoms with Crippen LogP contribution >= 0.6 is 0 Å². The van der Waals surface area contributed by atoms with Gasteiger partial charge in [0.1, 0.15) is 0 Å². The average molecular weight is 264 g/mol. The van der Waals surface area contributed by atoms with Crippen molar-refractivity contribution in [1.82, 2.24) is 0 Å². The van der Waals surface area contributed by atoms with E-state index in [2.05, 4.69) is 5.32 Å². The van der Waals surface area contributed by atoms with E-state index in [1.807, 2.05) is 45.0 Å². The molecular weight excluding hydrogens is 240 g/mol. The van der Waals surface area contributed by atoms with Gasteiger partial charge in [0.15, 0.2) is 0 Å². The minimum Gasteiger partial charge on any atom is -0.377 e.